The molecule has 4 rings (SSSR count). The van der Waals surface area contributed by atoms with Crippen molar-refractivity contribution in [3.63, 3.8) is 0 Å². The lowest BCUT2D eigenvalue weighted by molar-refractivity contribution is 0.0953. The van der Waals surface area contributed by atoms with Gasteiger partial charge in [-0.15, -0.1) is 11.3 Å². The van der Waals surface area contributed by atoms with Crippen molar-refractivity contribution in [3.05, 3.63) is 60.1 Å². The molecule has 0 radical (unpaired) electrons. The quantitative estimate of drug-likeness (QED) is 0.690. The maximum Gasteiger partial charge on any atom is 0.308 e. The summed E-state index contributed by atoms with van der Waals surface area (Å²) >= 11 is 2.50. The van der Waals surface area contributed by atoms with Crippen LogP contribution < -0.4 is 19.7 Å². The summed E-state index contributed by atoms with van der Waals surface area (Å²) in [7, 11) is 0. The van der Waals surface area contributed by atoms with Gasteiger partial charge in [0.25, 0.3) is 5.91 Å². The van der Waals surface area contributed by atoms with Crippen LogP contribution in [0.5, 0.6) is 11.5 Å². The number of fused-ring (bicyclic) bond motifs is 1. The van der Waals surface area contributed by atoms with E-state index in [4.69, 9.17) is 9.47 Å². The first-order chi connectivity index (χ1) is 13.5. The van der Waals surface area contributed by atoms with Gasteiger partial charge in [0.15, 0.2) is 11.5 Å². The van der Waals surface area contributed by atoms with Crippen molar-refractivity contribution in [2.45, 2.75) is 26.9 Å². The van der Waals surface area contributed by atoms with Gasteiger partial charge in [0.05, 0.1) is 17.2 Å². The molecule has 0 saturated heterocycles. The highest BCUT2D eigenvalue weighted by Gasteiger charge is 2.19. The molecule has 9 heteroatoms. The van der Waals surface area contributed by atoms with Gasteiger partial charge in [0, 0.05) is 17.6 Å². The molecule has 2 aromatic heterocycles. The highest BCUT2D eigenvalue weighted by Crippen LogP contribution is 2.30. The number of hydrogen-bond acceptors (Lipinski definition) is 7. The zero-order valence-electron chi connectivity index (χ0n) is 15.5. The maximum atomic E-state index is 12.6. The molecule has 0 aliphatic carbocycles. The predicted molar refractivity (Wildman–Crippen MR) is 108 cm³/mol. The van der Waals surface area contributed by atoms with E-state index in [0.29, 0.717) is 48.4 Å². The Labute approximate surface area is 169 Å². The van der Waals surface area contributed by atoms with Gasteiger partial charge >= 0.3 is 4.87 Å². The van der Waals surface area contributed by atoms with Gasteiger partial charge in [-0.2, -0.15) is 0 Å². The Hall–Kier alpha value is -2.65. The third-order valence-electron chi connectivity index (χ3n) is 4.40. The summed E-state index contributed by atoms with van der Waals surface area (Å²) in [5, 5.41) is 5.76. The molecular weight excluding hydrogens is 398 g/mol. The van der Waals surface area contributed by atoms with Gasteiger partial charge < -0.3 is 14.8 Å². The Kier molecular flexibility index (Phi) is 5.19. The lowest BCUT2D eigenvalue weighted by Gasteiger charge is -2.18. The van der Waals surface area contributed by atoms with E-state index in [1.807, 2.05) is 30.5 Å². The Morgan fingerprint density at radius 2 is 2.04 bits per heavy atom. The molecule has 3 heterocycles. The zero-order valence-corrected chi connectivity index (χ0v) is 17.1. The number of thiazole rings is 2. The van der Waals surface area contributed by atoms with Crippen LogP contribution in [0, 0.1) is 13.8 Å². The molecule has 0 atom stereocenters. The van der Waals surface area contributed by atoms with Crippen LogP contribution in [-0.2, 0) is 13.1 Å². The number of carbonyl (C=O) groups excluding carboxylic acids is 1. The first-order valence-electron chi connectivity index (χ1n) is 8.79. The van der Waals surface area contributed by atoms with E-state index < -0.39 is 0 Å². The third-order valence-corrected chi connectivity index (χ3v) is 6.30. The Balaban J connectivity index is 1.46. The summed E-state index contributed by atoms with van der Waals surface area (Å²) in [6.07, 6.45) is 0. The minimum atomic E-state index is -0.261. The molecule has 0 fully saturated rings. The fourth-order valence-corrected chi connectivity index (χ4v) is 4.49. The van der Waals surface area contributed by atoms with Crippen molar-refractivity contribution >= 4 is 28.6 Å². The monoisotopic (exact) mass is 417 g/mol. The van der Waals surface area contributed by atoms with E-state index in [-0.39, 0.29) is 10.8 Å². The molecule has 146 valence electrons. The van der Waals surface area contributed by atoms with E-state index in [0.717, 1.165) is 27.6 Å². The Bertz CT molecular complexity index is 1080. The summed E-state index contributed by atoms with van der Waals surface area (Å²) in [6, 6.07) is 5.59. The molecule has 1 aromatic carbocycles. The summed E-state index contributed by atoms with van der Waals surface area (Å²) in [5.41, 5.74) is 2.38. The topological polar surface area (TPSA) is 82.5 Å². The molecule has 1 aliphatic rings. The average molecular weight is 418 g/mol. The molecule has 1 aliphatic heterocycles. The first-order valence-corrected chi connectivity index (χ1v) is 10.5. The van der Waals surface area contributed by atoms with Crippen LogP contribution in [-0.4, -0.2) is 28.7 Å². The molecule has 0 spiro atoms. The smallest absolute Gasteiger partial charge is 0.308 e. The van der Waals surface area contributed by atoms with Crippen molar-refractivity contribution < 1.29 is 14.3 Å². The van der Waals surface area contributed by atoms with Crippen LogP contribution in [0.4, 0.5) is 0 Å². The number of carbonyl (C=O) groups is 1. The molecule has 7 nitrogen and oxygen atoms in total. The van der Waals surface area contributed by atoms with Crippen LogP contribution in [0.2, 0.25) is 0 Å². The van der Waals surface area contributed by atoms with E-state index in [1.165, 1.54) is 0 Å². The van der Waals surface area contributed by atoms with Gasteiger partial charge in [-0.1, -0.05) is 17.4 Å². The number of hydrogen-bond donors (Lipinski definition) is 1. The summed E-state index contributed by atoms with van der Waals surface area (Å²) in [5.74, 6) is 1.14. The maximum absolute atomic E-state index is 12.6. The molecule has 0 bridgehead atoms. The number of ether oxygens (including phenoxy) is 2. The van der Waals surface area contributed by atoms with Crippen LogP contribution in [0.3, 0.4) is 0 Å². The van der Waals surface area contributed by atoms with E-state index >= 15 is 0 Å². The standard InChI is InChI=1S/C19H19N3O4S2/c1-11-17(28-19(24)22(11)9-14-10-27-12(2)21-14)18(23)20-8-13-3-4-15-16(7-13)26-6-5-25-15/h3-4,7,10H,5-6,8-9H2,1-2H3,(H,20,23). The number of benzene rings is 1. The van der Waals surface area contributed by atoms with Gasteiger partial charge in [0.2, 0.25) is 0 Å². The molecule has 0 saturated carbocycles. The van der Waals surface area contributed by atoms with E-state index in [9.17, 15) is 9.59 Å². The lowest BCUT2D eigenvalue weighted by Crippen LogP contribution is -2.23. The van der Waals surface area contributed by atoms with Crippen molar-refractivity contribution in [3.8, 4) is 11.5 Å². The second-order valence-electron chi connectivity index (χ2n) is 6.39. The molecule has 0 unspecified atom stereocenters. The average Bonchev–Trinajstić information content (AvgIpc) is 3.23. The predicted octanol–water partition coefficient (Wildman–Crippen LogP) is 2.73. The molecule has 3 aromatic rings. The van der Waals surface area contributed by atoms with E-state index in [2.05, 4.69) is 10.3 Å². The van der Waals surface area contributed by atoms with Crippen molar-refractivity contribution in [1.82, 2.24) is 14.9 Å². The number of aromatic nitrogens is 2. The summed E-state index contributed by atoms with van der Waals surface area (Å²) in [4.78, 5) is 29.6. The summed E-state index contributed by atoms with van der Waals surface area (Å²) < 4.78 is 12.7. The zero-order chi connectivity index (χ0) is 19.7. The van der Waals surface area contributed by atoms with Gasteiger partial charge in [-0.25, -0.2) is 4.98 Å². The largest absolute Gasteiger partial charge is 0.486 e. The van der Waals surface area contributed by atoms with Crippen LogP contribution >= 0.6 is 22.7 Å². The minimum Gasteiger partial charge on any atom is -0.486 e. The second kappa shape index (κ2) is 7.76. The SMILES string of the molecule is Cc1nc(Cn2c(C)c(C(=O)NCc3ccc4c(c3)OCCO4)sc2=O)cs1. The first kappa shape index (κ1) is 18.7. The highest BCUT2D eigenvalue weighted by atomic mass is 32.1. The normalized spacial score (nSPS) is 12.8. The molecule has 1 N–H and O–H groups in total. The highest BCUT2D eigenvalue weighted by molar-refractivity contribution is 7.11. The van der Waals surface area contributed by atoms with Gasteiger partial charge in [-0.3, -0.25) is 14.2 Å². The molecular formula is C19H19N3O4S2. The minimum absolute atomic E-state index is 0.160. The number of amides is 1. The third kappa shape index (κ3) is 3.81. The van der Waals surface area contributed by atoms with Gasteiger partial charge in [0.1, 0.15) is 18.1 Å². The van der Waals surface area contributed by atoms with E-state index in [1.54, 1.807) is 22.8 Å². The van der Waals surface area contributed by atoms with Crippen LogP contribution in [0.15, 0.2) is 28.4 Å². The van der Waals surface area contributed by atoms with Crippen LogP contribution in [0.1, 0.15) is 31.6 Å². The number of nitrogens with one attached hydrogen (secondary N) is 1. The van der Waals surface area contributed by atoms with Crippen molar-refractivity contribution in [1.29, 1.82) is 0 Å². The second-order valence-corrected chi connectivity index (χ2v) is 8.41. The Morgan fingerprint density at radius 1 is 1.25 bits per heavy atom. The fraction of sp³-hybridized carbons (Fsp3) is 0.316. The van der Waals surface area contributed by atoms with Crippen molar-refractivity contribution in [2.24, 2.45) is 0 Å². The summed E-state index contributed by atoms with van der Waals surface area (Å²) in [6.45, 7) is 5.48. The van der Waals surface area contributed by atoms with Crippen LogP contribution in [0.25, 0.3) is 0 Å². The molecule has 1 amide bonds. The number of nitrogens with zero attached hydrogens (tertiary/aromatic N) is 2. The van der Waals surface area contributed by atoms with Gasteiger partial charge in [-0.05, 0) is 31.5 Å². The number of aryl methyl sites for hydroxylation is 1. The molecule has 28 heavy (non-hydrogen) atoms. The number of rotatable bonds is 5. The Morgan fingerprint density at radius 3 is 2.79 bits per heavy atom. The van der Waals surface area contributed by atoms with Crippen molar-refractivity contribution in [2.75, 3.05) is 13.2 Å². The fourth-order valence-electron chi connectivity index (χ4n) is 2.97. The lowest BCUT2D eigenvalue weighted by atomic mass is 10.2.